The van der Waals surface area contributed by atoms with Gasteiger partial charge in [-0.25, -0.2) is 15.0 Å². The fraction of sp³-hybridized carbons (Fsp3) is 0.0625. The van der Waals surface area contributed by atoms with Crippen LogP contribution in [0.4, 0.5) is 0 Å². The predicted octanol–water partition coefficient (Wildman–Crippen LogP) is 12.6. The van der Waals surface area contributed by atoms with Crippen molar-refractivity contribution >= 4 is 43.9 Å². The SMILES string of the molecule is CC1(C)c2ccccc2-c2ccc(-c3nc(-c4ccc5c(c4)oc4c(-c6ccccc6)cccc45)nc(-c4cccc5c4oc4ccccc45)n3)cc21. The lowest BCUT2D eigenvalue weighted by atomic mass is 9.82. The Hall–Kier alpha value is -6.85. The first-order valence-corrected chi connectivity index (χ1v) is 17.9. The van der Waals surface area contributed by atoms with E-state index in [1.165, 1.54) is 22.3 Å². The maximum atomic E-state index is 6.64. The van der Waals surface area contributed by atoms with Crippen molar-refractivity contribution < 1.29 is 8.83 Å². The van der Waals surface area contributed by atoms with Gasteiger partial charge in [0.25, 0.3) is 0 Å². The van der Waals surface area contributed by atoms with E-state index >= 15 is 0 Å². The molecule has 0 saturated heterocycles. The average molecular weight is 682 g/mol. The molecule has 5 heteroatoms. The average Bonchev–Trinajstić information content (AvgIpc) is 3.85. The molecule has 0 N–H and O–H groups in total. The Morgan fingerprint density at radius 3 is 1.77 bits per heavy atom. The number of aromatic nitrogens is 3. The van der Waals surface area contributed by atoms with Crippen LogP contribution in [0.15, 0.2) is 160 Å². The second kappa shape index (κ2) is 11.1. The van der Waals surface area contributed by atoms with Gasteiger partial charge in [0.2, 0.25) is 0 Å². The molecule has 0 amide bonds. The third-order valence-corrected chi connectivity index (χ3v) is 11.0. The minimum absolute atomic E-state index is 0.161. The molecular formula is C48H31N3O2. The normalized spacial score (nSPS) is 13.2. The maximum Gasteiger partial charge on any atom is 0.167 e. The van der Waals surface area contributed by atoms with E-state index < -0.39 is 0 Å². The molecule has 0 atom stereocenters. The lowest BCUT2D eigenvalue weighted by Gasteiger charge is -2.21. The summed E-state index contributed by atoms with van der Waals surface area (Å²) >= 11 is 0. The first kappa shape index (κ1) is 29.8. The molecule has 0 radical (unpaired) electrons. The van der Waals surface area contributed by atoms with Gasteiger partial charge in [-0.15, -0.1) is 0 Å². The lowest BCUT2D eigenvalue weighted by Crippen LogP contribution is -2.15. The Kier molecular flexibility index (Phi) is 6.23. The number of fused-ring (bicyclic) bond motifs is 9. The predicted molar refractivity (Wildman–Crippen MR) is 214 cm³/mol. The zero-order valence-electron chi connectivity index (χ0n) is 29.1. The molecule has 250 valence electrons. The number of nitrogens with zero attached hydrogens (tertiary/aromatic N) is 3. The van der Waals surface area contributed by atoms with Gasteiger partial charge in [-0.05, 0) is 58.1 Å². The highest BCUT2D eigenvalue weighted by atomic mass is 16.3. The number of rotatable bonds is 4. The Morgan fingerprint density at radius 2 is 0.943 bits per heavy atom. The molecule has 3 heterocycles. The van der Waals surface area contributed by atoms with Crippen LogP contribution >= 0.6 is 0 Å². The second-order valence-electron chi connectivity index (χ2n) is 14.4. The lowest BCUT2D eigenvalue weighted by molar-refractivity contribution is 0.660. The summed E-state index contributed by atoms with van der Waals surface area (Å²) in [5.41, 5.74) is 12.9. The van der Waals surface area contributed by atoms with Crippen LogP contribution in [-0.2, 0) is 5.41 Å². The van der Waals surface area contributed by atoms with Crippen LogP contribution < -0.4 is 0 Å². The standard InChI is InChI=1S/C48H31N3O2/c1-48(2)39-20-8-6-14-32(39)33-24-22-29(26-40(33)48)45-49-46(51-47(50-45)38-19-11-18-36-34-15-7-9-21-41(34)52-44(36)38)30-23-25-35-37-17-10-16-31(28-12-4-3-5-13-28)43(37)53-42(35)27-30/h3-27H,1-2H3. The van der Waals surface area contributed by atoms with Crippen LogP contribution in [0.1, 0.15) is 25.0 Å². The van der Waals surface area contributed by atoms with Gasteiger partial charge in [-0.1, -0.05) is 135 Å². The van der Waals surface area contributed by atoms with Gasteiger partial charge in [0.15, 0.2) is 17.5 Å². The summed E-state index contributed by atoms with van der Waals surface area (Å²) in [4.78, 5) is 15.5. The van der Waals surface area contributed by atoms with Crippen molar-refractivity contribution in [2.24, 2.45) is 0 Å². The first-order valence-electron chi connectivity index (χ1n) is 17.9. The molecule has 0 fully saturated rings. The number of hydrogen-bond donors (Lipinski definition) is 0. The minimum Gasteiger partial charge on any atom is -0.455 e. The molecule has 5 nitrogen and oxygen atoms in total. The van der Waals surface area contributed by atoms with Crippen molar-refractivity contribution in [3.05, 3.63) is 163 Å². The van der Waals surface area contributed by atoms with Gasteiger partial charge in [0.1, 0.15) is 22.3 Å². The van der Waals surface area contributed by atoms with Crippen molar-refractivity contribution in [1.82, 2.24) is 15.0 Å². The molecule has 0 aliphatic heterocycles. The van der Waals surface area contributed by atoms with Gasteiger partial charge in [-0.2, -0.15) is 0 Å². The minimum atomic E-state index is -0.161. The monoisotopic (exact) mass is 681 g/mol. The van der Waals surface area contributed by atoms with E-state index in [1.54, 1.807) is 0 Å². The van der Waals surface area contributed by atoms with Crippen molar-refractivity contribution in [3.63, 3.8) is 0 Å². The van der Waals surface area contributed by atoms with Crippen molar-refractivity contribution in [2.45, 2.75) is 19.3 Å². The number of para-hydroxylation sites is 3. The third kappa shape index (κ3) is 4.47. The highest BCUT2D eigenvalue weighted by Crippen LogP contribution is 2.49. The summed E-state index contributed by atoms with van der Waals surface area (Å²) in [6, 6.07) is 52.5. The Bertz CT molecular complexity index is 3100. The van der Waals surface area contributed by atoms with Gasteiger partial charge >= 0.3 is 0 Å². The van der Waals surface area contributed by atoms with Crippen molar-refractivity contribution in [3.8, 4) is 56.4 Å². The van der Waals surface area contributed by atoms with Gasteiger partial charge in [-0.3, -0.25) is 0 Å². The number of furan rings is 2. The van der Waals surface area contributed by atoms with Gasteiger partial charge in [0.05, 0.1) is 5.56 Å². The van der Waals surface area contributed by atoms with Gasteiger partial charge in [0, 0.05) is 43.7 Å². The summed E-state index contributed by atoms with van der Waals surface area (Å²) < 4.78 is 13.1. The number of hydrogen-bond acceptors (Lipinski definition) is 5. The molecule has 10 aromatic rings. The van der Waals surface area contributed by atoms with E-state index in [0.717, 1.165) is 71.7 Å². The Labute approximate surface area is 305 Å². The molecule has 53 heavy (non-hydrogen) atoms. The van der Waals surface area contributed by atoms with Crippen molar-refractivity contribution in [2.75, 3.05) is 0 Å². The van der Waals surface area contributed by atoms with Gasteiger partial charge < -0.3 is 8.83 Å². The Balaban J connectivity index is 1.12. The molecule has 0 bridgehead atoms. The number of benzene rings is 7. The van der Waals surface area contributed by atoms with Crippen LogP contribution in [-0.4, -0.2) is 15.0 Å². The van der Waals surface area contributed by atoms with E-state index in [0.29, 0.717) is 17.5 Å². The molecule has 1 aliphatic rings. The summed E-state index contributed by atoms with van der Waals surface area (Å²) in [5.74, 6) is 1.71. The van der Waals surface area contributed by atoms with Crippen LogP contribution in [0.2, 0.25) is 0 Å². The fourth-order valence-electron chi connectivity index (χ4n) is 8.30. The summed E-state index contributed by atoms with van der Waals surface area (Å²) in [6.45, 7) is 4.58. The van der Waals surface area contributed by atoms with E-state index in [2.05, 4.69) is 129 Å². The second-order valence-corrected chi connectivity index (χ2v) is 14.4. The molecule has 11 rings (SSSR count). The summed E-state index contributed by atoms with van der Waals surface area (Å²) in [6.07, 6.45) is 0. The fourth-order valence-corrected chi connectivity index (χ4v) is 8.30. The molecular weight excluding hydrogens is 651 g/mol. The summed E-state index contributed by atoms with van der Waals surface area (Å²) in [7, 11) is 0. The van der Waals surface area contributed by atoms with E-state index in [-0.39, 0.29) is 5.41 Å². The maximum absolute atomic E-state index is 6.64. The molecule has 7 aromatic carbocycles. The van der Waals surface area contributed by atoms with Crippen LogP contribution in [0, 0.1) is 0 Å². The van der Waals surface area contributed by atoms with E-state index in [9.17, 15) is 0 Å². The highest BCUT2D eigenvalue weighted by molar-refractivity contribution is 6.11. The largest absolute Gasteiger partial charge is 0.455 e. The molecule has 0 spiro atoms. The van der Waals surface area contributed by atoms with Crippen molar-refractivity contribution in [1.29, 1.82) is 0 Å². The molecule has 3 aromatic heterocycles. The third-order valence-electron chi connectivity index (χ3n) is 11.0. The first-order chi connectivity index (χ1) is 26.0. The van der Waals surface area contributed by atoms with Crippen LogP contribution in [0.25, 0.3) is 100 Å². The topological polar surface area (TPSA) is 65.0 Å². The smallest absolute Gasteiger partial charge is 0.167 e. The van der Waals surface area contributed by atoms with E-state index in [1.807, 2.05) is 36.4 Å². The van der Waals surface area contributed by atoms with E-state index in [4.69, 9.17) is 23.8 Å². The quantitative estimate of drug-likeness (QED) is 0.185. The van der Waals surface area contributed by atoms with Crippen LogP contribution in [0.5, 0.6) is 0 Å². The molecule has 0 saturated carbocycles. The zero-order chi connectivity index (χ0) is 35.3. The van der Waals surface area contributed by atoms with Crippen LogP contribution in [0.3, 0.4) is 0 Å². The zero-order valence-corrected chi connectivity index (χ0v) is 29.1. The molecule has 1 aliphatic carbocycles. The Morgan fingerprint density at radius 1 is 0.377 bits per heavy atom. The molecule has 0 unspecified atom stereocenters. The highest BCUT2D eigenvalue weighted by Gasteiger charge is 2.35. The summed E-state index contributed by atoms with van der Waals surface area (Å²) in [5, 5.41) is 4.20.